The Labute approximate surface area is 252 Å². The van der Waals surface area contributed by atoms with Crippen molar-refractivity contribution in [2.45, 2.75) is 97.8 Å². The van der Waals surface area contributed by atoms with Crippen LogP contribution in [0, 0.1) is 18.1 Å². The molecule has 6 rings (SSSR count). The van der Waals surface area contributed by atoms with Crippen molar-refractivity contribution in [1.29, 1.82) is 0 Å². The Morgan fingerprint density at radius 2 is 1.56 bits per heavy atom. The van der Waals surface area contributed by atoms with E-state index < -0.39 is 0 Å². The monoisotopic (exact) mass is 594 g/mol. The van der Waals surface area contributed by atoms with Crippen molar-refractivity contribution in [1.82, 2.24) is 0 Å². The molecule has 0 N–H and O–H groups in total. The summed E-state index contributed by atoms with van der Waals surface area (Å²) in [6.45, 7) is 15.8. The van der Waals surface area contributed by atoms with Gasteiger partial charge in [-0.3, -0.25) is 0 Å². The van der Waals surface area contributed by atoms with Crippen molar-refractivity contribution in [3.05, 3.63) is 101 Å². The van der Waals surface area contributed by atoms with E-state index in [0.29, 0.717) is 5.92 Å². The summed E-state index contributed by atoms with van der Waals surface area (Å²) in [6, 6.07) is 17.0. The third-order valence-electron chi connectivity index (χ3n) is 7.75. The number of hydrogen-bond donors (Lipinski definition) is 0. The molecule has 1 saturated carbocycles. The summed E-state index contributed by atoms with van der Waals surface area (Å²) in [5, 5.41) is 0. The van der Waals surface area contributed by atoms with Crippen molar-refractivity contribution in [3.8, 4) is 11.1 Å². The van der Waals surface area contributed by atoms with Gasteiger partial charge >= 0.3 is 59.5 Å². The molecule has 0 aliphatic heterocycles. The Kier molecular flexibility index (Phi) is 9.70. The van der Waals surface area contributed by atoms with Crippen LogP contribution in [0.5, 0.6) is 0 Å². The maximum absolute atomic E-state index is 4.97. The van der Waals surface area contributed by atoms with Gasteiger partial charge in [0.15, 0.2) is 0 Å². The molecule has 0 bridgehead atoms. The van der Waals surface area contributed by atoms with E-state index in [-0.39, 0.29) is 10.8 Å². The molecule has 3 aromatic rings. The van der Waals surface area contributed by atoms with E-state index in [9.17, 15) is 0 Å². The Morgan fingerprint density at radius 1 is 0.872 bits per heavy atom. The minimum absolute atomic E-state index is 0.177. The van der Waals surface area contributed by atoms with Crippen molar-refractivity contribution in [3.63, 3.8) is 0 Å². The van der Waals surface area contributed by atoms with E-state index in [0.717, 1.165) is 17.6 Å². The number of benzene rings is 2. The van der Waals surface area contributed by atoms with Crippen molar-refractivity contribution in [2.75, 3.05) is 0 Å². The number of hydrogen-bond acceptors (Lipinski definition) is 1. The Balaban J connectivity index is 0.000000162. The van der Waals surface area contributed by atoms with E-state index >= 15 is 0 Å². The molecule has 0 saturated heterocycles. The van der Waals surface area contributed by atoms with Gasteiger partial charge in [0.25, 0.3) is 0 Å². The minimum atomic E-state index is 0.177. The van der Waals surface area contributed by atoms with Gasteiger partial charge in [0, 0.05) is 6.26 Å². The van der Waals surface area contributed by atoms with E-state index in [1.54, 1.807) is 40.0 Å². The van der Waals surface area contributed by atoms with Crippen LogP contribution >= 0.6 is 0 Å². The molecule has 39 heavy (non-hydrogen) atoms. The first-order valence-corrected chi connectivity index (χ1v) is 15.7. The normalized spacial score (nSPS) is 17.9. The number of allylic oxidation sites excluding steroid dienone is 4. The van der Waals surface area contributed by atoms with E-state index in [1.807, 2.05) is 6.07 Å². The van der Waals surface area contributed by atoms with Crippen molar-refractivity contribution >= 4 is 8.78 Å². The molecule has 3 aliphatic carbocycles. The Morgan fingerprint density at radius 3 is 2.10 bits per heavy atom. The molecule has 2 aromatic carbocycles. The first-order valence-electron chi connectivity index (χ1n) is 14.5. The average Bonchev–Trinajstić information content (AvgIpc) is 3.63. The van der Waals surface area contributed by atoms with E-state index in [1.165, 1.54) is 65.5 Å². The average molecular weight is 596 g/mol. The SMILES string of the molecule is CC(C)(C)c1c[c-]c2c(c1)-c1cc(C(C)(C)C)ccc1C2.CC1[C-]=C(c2ccoc2)C=C1.[Zr+2]=[C]1CCCCC1. The van der Waals surface area contributed by atoms with Crippen LogP contribution in [0.2, 0.25) is 0 Å². The Bertz CT molecular complexity index is 1270. The molecule has 1 atom stereocenters. The molecule has 202 valence electrons. The molecule has 1 fully saturated rings. The summed E-state index contributed by atoms with van der Waals surface area (Å²) >= 11 is 1.69. The molecule has 0 spiro atoms. The van der Waals surface area contributed by atoms with Crippen molar-refractivity contribution in [2.24, 2.45) is 5.92 Å². The van der Waals surface area contributed by atoms with Gasteiger partial charge in [-0.05, 0) is 17.4 Å². The molecular formula is C37H44OZr. The van der Waals surface area contributed by atoms with Gasteiger partial charge in [0.1, 0.15) is 0 Å². The van der Waals surface area contributed by atoms with Crippen LogP contribution in [-0.4, -0.2) is 3.21 Å². The van der Waals surface area contributed by atoms with Gasteiger partial charge in [0.05, 0.1) is 6.26 Å². The van der Waals surface area contributed by atoms with E-state index in [2.05, 4.69) is 103 Å². The van der Waals surface area contributed by atoms with Crippen LogP contribution in [0.3, 0.4) is 0 Å². The van der Waals surface area contributed by atoms with Gasteiger partial charge in [-0.2, -0.15) is 47.1 Å². The third kappa shape index (κ3) is 8.01. The molecule has 3 aliphatic rings. The fraction of sp³-hybridized carbons (Fsp3) is 0.432. The second-order valence-corrected chi connectivity index (χ2v) is 14.9. The first kappa shape index (κ1) is 29.9. The molecule has 1 unspecified atom stereocenters. The topological polar surface area (TPSA) is 13.1 Å². The fourth-order valence-electron chi connectivity index (χ4n) is 5.14. The van der Waals surface area contributed by atoms with Gasteiger partial charge in [0.2, 0.25) is 0 Å². The fourth-order valence-corrected chi connectivity index (χ4v) is 6.01. The summed E-state index contributed by atoms with van der Waals surface area (Å²) in [4.78, 5) is 0. The van der Waals surface area contributed by atoms with Crippen LogP contribution in [0.15, 0.2) is 65.5 Å². The van der Waals surface area contributed by atoms with Crippen LogP contribution in [0.4, 0.5) is 0 Å². The zero-order valence-electron chi connectivity index (χ0n) is 25.0. The number of rotatable bonds is 1. The predicted octanol–water partition coefficient (Wildman–Crippen LogP) is 9.99. The second kappa shape index (κ2) is 12.6. The van der Waals surface area contributed by atoms with Crippen LogP contribution < -0.4 is 0 Å². The summed E-state index contributed by atoms with van der Waals surface area (Å²) in [7, 11) is 0. The predicted molar refractivity (Wildman–Crippen MR) is 163 cm³/mol. The molecule has 0 amide bonds. The van der Waals surface area contributed by atoms with Crippen LogP contribution in [-0.2, 0) is 41.5 Å². The zero-order chi connectivity index (χ0) is 28.2. The van der Waals surface area contributed by atoms with Gasteiger partial charge in [-0.15, -0.1) is 11.6 Å². The van der Waals surface area contributed by atoms with Crippen molar-refractivity contribution < 1.29 is 28.7 Å². The molecular weight excluding hydrogens is 552 g/mol. The van der Waals surface area contributed by atoms with Crippen LogP contribution in [0.25, 0.3) is 16.7 Å². The molecule has 1 nitrogen and oxygen atoms in total. The quantitative estimate of drug-likeness (QED) is 0.200. The van der Waals surface area contributed by atoms with Crippen LogP contribution in [0.1, 0.15) is 108 Å². The van der Waals surface area contributed by atoms with Gasteiger partial charge < -0.3 is 4.42 Å². The number of furan rings is 1. The van der Waals surface area contributed by atoms with E-state index in [4.69, 9.17) is 4.42 Å². The molecule has 1 aromatic heterocycles. The molecule has 1 heterocycles. The molecule has 0 radical (unpaired) electrons. The third-order valence-corrected chi connectivity index (χ3v) is 8.98. The maximum atomic E-state index is 4.97. The summed E-state index contributed by atoms with van der Waals surface area (Å²) in [5.74, 6) is 0.444. The summed E-state index contributed by atoms with van der Waals surface area (Å²) in [5.41, 5.74) is 11.0. The molecule has 2 heteroatoms. The van der Waals surface area contributed by atoms with Gasteiger partial charge in [-0.25, -0.2) is 0 Å². The second-order valence-electron chi connectivity index (χ2n) is 13.2. The Hall–Kier alpha value is -2.05. The zero-order valence-corrected chi connectivity index (χ0v) is 27.5. The summed E-state index contributed by atoms with van der Waals surface area (Å²) in [6.07, 6.45) is 19.3. The van der Waals surface area contributed by atoms with Gasteiger partial charge in [-0.1, -0.05) is 101 Å². The standard InChI is InChI=1S/C21H25.C10H9O.C6H10.Zr/c1-20(2,3)16-9-7-14-11-15-8-10-17(21(4,5)6)13-19(15)18(14)12-16;1-8-2-3-9(6-8)10-4-5-11-7-10;1-2-4-6-5-3-1;/h7,9-10,12-13H,11H2,1-6H3;2-5,7-8H,1H3;1-5H2;/q2*-1;;+2. The first-order chi connectivity index (χ1) is 18.4. The summed E-state index contributed by atoms with van der Waals surface area (Å²) < 4.78 is 6.77. The number of fused-ring (bicyclic) bond motifs is 3.